The highest BCUT2D eigenvalue weighted by molar-refractivity contribution is 7.85. The van der Waals surface area contributed by atoms with Gasteiger partial charge in [-0.3, -0.25) is 9.08 Å². The zero-order chi connectivity index (χ0) is 11.0. The summed E-state index contributed by atoms with van der Waals surface area (Å²) in [5.74, 6) is 0.365. The number of hydrogen-bond donors (Lipinski definition) is 0. The third-order valence-corrected chi connectivity index (χ3v) is 2.99. The molecule has 0 saturated carbocycles. The van der Waals surface area contributed by atoms with Crippen LogP contribution in [0.3, 0.4) is 0 Å². The molecule has 0 radical (unpaired) electrons. The van der Waals surface area contributed by atoms with E-state index in [1.54, 1.807) is 0 Å². The van der Waals surface area contributed by atoms with Crippen LogP contribution in [0, 0.1) is 5.92 Å². The van der Waals surface area contributed by atoms with Crippen molar-refractivity contribution in [2.75, 3.05) is 26.0 Å². The highest BCUT2D eigenvalue weighted by atomic mass is 32.2. The molecule has 0 aromatic rings. The van der Waals surface area contributed by atoms with Gasteiger partial charge in [0.15, 0.2) is 0 Å². The predicted octanol–water partition coefficient (Wildman–Crippen LogP) is 0.693. The zero-order valence-electron chi connectivity index (χ0n) is 9.28. The van der Waals surface area contributed by atoms with Gasteiger partial charge in [0.25, 0.3) is 10.1 Å². The Hall–Kier alpha value is -0.130. The second-order valence-electron chi connectivity index (χ2n) is 4.93. The normalized spacial score (nSPS) is 20.9. The topological polar surface area (TPSA) is 46.6 Å². The van der Waals surface area contributed by atoms with Crippen molar-refractivity contribution in [3.63, 3.8) is 0 Å². The van der Waals surface area contributed by atoms with E-state index in [2.05, 4.69) is 25.7 Å². The minimum absolute atomic E-state index is 0.182. The molecule has 0 aromatic heterocycles. The van der Waals surface area contributed by atoms with E-state index < -0.39 is 10.1 Å². The van der Waals surface area contributed by atoms with Crippen LogP contribution < -0.4 is 0 Å². The molecule has 4 nitrogen and oxygen atoms in total. The van der Waals surface area contributed by atoms with Crippen LogP contribution in [0.15, 0.2) is 0 Å². The summed E-state index contributed by atoms with van der Waals surface area (Å²) in [7, 11) is -3.27. The molecule has 1 saturated heterocycles. The van der Waals surface area contributed by atoms with Crippen molar-refractivity contribution in [3.05, 3.63) is 0 Å². The second-order valence-corrected chi connectivity index (χ2v) is 6.57. The molecule has 0 N–H and O–H groups in total. The highest BCUT2D eigenvalue weighted by Crippen LogP contribution is 2.25. The standard InChI is InChI=1S/C9H19NO3S/c1-9(2,3)10-5-8(6-10)7-13-14(4,11)12/h8H,5-7H2,1-4H3. The van der Waals surface area contributed by atoms with E-state index in [-0.39, 0.29) is 5.54 Å². The van der Waals surface area contributed by atoms with Gasteiger partial charge in [-0.25, -0.2) is 0 Å². The number of rotatable bonds is 3. The Morgan fingerprint density at radius 2 is 1.86 bits per heavy atom. The van der Waals surface area contributed by atoms with Crippen LogP contribution in [0.1, 0.15) is 20.8 Å². The lowest BCUT2D eigenvalue weighted by molar-refractivity contribution is -0.00459. The Balaban J connectivity index is 2.23. The first-order valence-corrected chi connectivity index (χ1v) is 6.59. The quantitative estimate of drug-likeness (QED) is 0.658. The van der Waals surface area contributed by atoms with Gasteiger partial charge in [-0.1, -0.05) is 0 Å². The first-order chi connectivity index (χ1) is 6.18. The van der Waals surface area contributed by atoms with E-state index in [0.717, 1.165) is 19.3 Å². The van der Waals surface area contributed by atoms with Gasteiger partial charge in [-0.2, -0.15) is 8.42 Å². The van der Waals surface area contributed by atoms with Gasteiger partial charge in [0, 0.05) is 24.5 Å². The van der Waals surface area contributed by atoms with Crippen molar-refractivity contribution >= 4 is 10.1 Å². The molecule has 0 spiro atoms. The van der Waals surface area contributed by atoms with Crippen molar-refractivity contribution in [3.8, 4) is 0 Å². The first kappa shape index (κ1) is 11.9. The molecule has 0 aromatic carbocycles. The summed E-state index contributed by atoms with van der Waals surface area (Å²) in [6.07, 6.45) is 1.09. The van der Waals surface area contributed by atoms with Crippen LogP contribution in [-0.2, 0) is 14.3 Å². The smallest absolute Gasteiger partial charge is 0.264 e. The molecule has 1 rings (SSSR count). The van der Waals surface area contributed by atoms with Crippen LogP contribution in [0.25, 0.3) is 0 Å². The molecular formula is C9H19NO3S. The minimum atomic E-state index is -3.27. The maximum absolute atomic E-state index is 10.7. The lowest BCUT2D eigenvalue weighted by atomic mass is 9.93. The Bertz CT molecular complexity index is 286. The summed E-state index contributed by atoms with van der Waals surface area (Å²) >= 11 is 0. The van der Waals surface area contributed by atoms with E-state index in [4.69, 9.17) is 4.18 Å². The molecular weight excluding hydrogens is 202 g/mol. The van der Waals surface area contributed by atoms with Crippen LogP contribution in [0.4, 0.5) is 0 Å². The van der Waals surface area contributed by atoms with Crippen molar-refractivity contribution < 1.29 is 12.6 Å². The summed E-state index contributed by atoms with van der Waals surface area (Å²) < 4.78 is 26.2. The largest absolute Gasteiger partial charge is 0.298 e. The summed E-state index contributed by atoms with van der Waals surface area (Å²) in [4.78, 5) is 2.31. The molecule has 0 amide bonds. The third kappa shape index (κ3) is 3.55. The van der Waals surface area contributed by atoms with E-state index in [1.807, 2.05) is 0 Å². The Morgan fingerprint density at radius 3 is 2.21 bits per heavy atom. The molecule has 0 unspecified atom stereocenters. The van der Waals surface area contributed by atoms with E-state index >= 15 is 0 Å². The lowest BCUT2D eigenvalue weighted by Gasteiger charge is -2.47. The fraction of sp³-hybridized carbons (Fsp3) is 1.00. The molecule has 0 aliphatic carbocycles. The first-order valence-electron chi connectivity index (χ1n) is 4.78. The maximum atomic E-state index is 10.7. The molecule has 84 valence electrons. The summed E-state index contributed by atoms with van der Waals surface area (Å²) in [5, 5.41) is 0. The monoisotopic (exact) mass is 221 g/mol. The highest BCUT2D eigenvalue weighted by Gasteiger charge is 2.34. The zero-order valence-corrected chi connectivity index (χ0v) is 10.1. The minimum Gasteiger partial charge on any atom is -0.298 e. The van der Waals surface area contributed by atoms with Crippen molar-refractivity contribution in [2.24, 2.45) is 5.92 Å². The number of hydrogen-bond acceptors (Lipinski definition) is 4. The molecule has 0 bridgehead atoms. The van der Waals surface area contributed by atoms with Gasteiger partial charge >= 0.3 is 0 Å². The lowest BCUT2D eigenvalue weighted by Crippen LogP contribution is -2.57. The molecule has 5 heteroatoms. The van der Waals surface area contributed by atoms with E-state index in [1.165, 1.54) is 0 Å². The SMILES string of the molecule is CC(C)(C)N1CC(COS(C)(=O)=O)C1. The number of likely N-dealkylation sites (tertiary alicyclic amines) is 1. The molecule has 0 atom stereocenters. The van der Waals surface area contributed by atoms with Crippen LogP contribution >= 0.6 is 0 Å². The Kier molecular flexibility index (Phi) is 3.23. The fourth-order valence-corrected chi connectivity index (χ4v) is 1.88. The van der Waals surface area contributed by atoms with E-state index in [9.17, 15) is 8.42 Å². The van der Waals surface area contributed by atoms with Crippen LogP contribution in [-0.4, -0.2) is 44.8 Å². The van der Waals surface area contributed by atoms with Crippen molar-refractivity contribution in [1.29, 1.82) is 0 Å². The van der Waals surface area contributed by atoms with Gasteiger partial charge in [-0.05, 0) is 20.8 Å². The fourth-order valence-electron chi connectivity index (χ4n) is 1.44. The van der Waals surface area contributed by atoms with Gasteiger partial charge < -0.3 is 0 Å². The van der Waals surface area contributed by atoms with Crippen molar-refractivity contribution in [1.82, 2.24) is 4.90 Å². The summed E-state index contributed by atoms with van der Waals surface area (Å²) in [5.41, 5.74) is 0.182. The summed E-state index contributed by atoms with van der Waals surface area (Å²) in [6.45, 7) is 8.64. The second kappa shape index (κ2) is 3.79. The number of nitrogens with zero attached hydrogens (tertiary/aromatic N) is 1. The van der Waals surface area contributed by atoms with Crippen molar-refractivity contribution in [2.45, 2.75) is 26.3 Å². The van der Waals surface area contributed by atoms with Gasteiger partial charge in [0.2, 0.25) is 0 Å². The Morgan fingerprint density at radius 1 is 1.36 bits per heavy atom. The maximum Gasteiger partial charge on any atom is 0.264 e. The summed E-state index contributed by atoms with van der Waals surface area (Å²) in [6, 6.07) is 0. The molecule has 14 heavy (non-hydrogen) atoms. The molecule has 1 fully saturated rings. The van der Waals surface area contributed by atoms with Gasteiger partial charge in [-0.15, -0.1) is 0 Å². The van der Waals surface area contributed by atoms with Crippen LogP contribution in [0.2, 0.25) is 0 Å². The predicted molar refractivity (Wildman–Crippen MR) is 55.6 cm³/mol. The average molecular weight is 221 g/mol. The van der Waals surface area contributed by atoms with Gasteiger partial charge in [0.1, 0.15) is 0 Å². The third-order valence-electron chi connectivity index (χ3n) is 2.42. The van der Waals surface area contributed by atoms with Gasteiger partial charge in [0.05, 0.1) is 12.9 Å². The molecule has 1 aliphatic heterocycles. The van der Waals surface area contributed by atoms with E-state index in [0.29, 0.717) is 12.5 Å². The molecule has 1 heterocycles. The average Bonchev–Trinajstić information content (AvgIpc) is 1.76. The van der Waals surface area contributed by atoms with Crippen LogP contribution in [0.5, 0.6) is 0 Å². The molecule has 1 aliphatic rings. The Labute approximate surface area is 86.4 Å².